The molecule has 3 saturated heterocycles. The van der Waals surface area contributed by atoms with Crippen LogP contribution in [0.1, 0.15) is 58.3 Å². The number of hydrogen-bond acceptors (Lipinski definition) is 9. The number of carboxylic acid groups (broad SMARTS) is 2. The molecule has 9 atom stereocenters. The Balaban J connectivity index is 1.45. The van der Waals surface area contributed by atoms with Gasteiger partial charge in [-0.05, 0) is 32.6 Å². The van der Waals surface area contributed by atoms with Crippen LogP contribution in [0.4, 0.5) is 0 Å². The first-order valence-electron chi connectivity index (χ1n) is 12.3. The smallest absolute Gasteiger partial charge is 0.333 e. The van der Waals surface area contributed by atoms with Crippen LogP contribution < -0.4 is 0 Å². The van der Waals surface area contributed by atoms with E-state index in [9.17, 15) is 24.6 Å². The molecule has 2 N–H and O–H groups in total. The van der Waals surface area contributed by atoms with Gasteiger partial charge in [-0.15, -0.1) is 0 Å². The van der Waals surface area contributed by atoms with Gasteiger partial charge >= 0.3 is 17.9 Å². The minimum absolute atomic E-state index is 0.189. The molecule has 2 spiro atoms. The Kier molecular flexibility index (Phi) is 6.41. The van der Waals surface area contributed by atoms with E-state index in [0.717, 1.165) is 25.7 Å². The summed E-state index contributed by atoms with van der Waals surface area (Å²) in [5, 5.41) is 19.7. The maximum atomic E-state index is 12.1. The first-order chi connectivity index (χ1) is 16.7. The van der Waals surface area contributed by atoms with Gasteiger partial charge in [0.15, 0.2) is 17.9 Å². The molecule has 0 amide bonds. The molecule has 5 aliphatic rings. The Hall–Kier alpha value is -2.05. The number of carboxylic acids is 2. The van der Waals surface area contributed by atoms with Crippen LogP contribution in [0.5, 0.6) is 0 Å². The van der Waals surface area contributed by atoms with E-state index in [4.69, 9.17) is 28.4 Å². The lowest BCUT2D eigenvalue weighted by atomic mass is 9.83. The highest BCUT2D eigenvalue weighted by Crippen LogP contribution is 2.53. The second kappa shape index (κ2) is 9.11. The van der Waals surface area contributed by atoms with Crippen molar-refractivity contribution < 1.29 is 53.0 Å². The predicted molar refractivity (Wildman–Crippen MR) is 115 cm³/mol. The van der Waals surface area contributed by atoms with E-state index in [1.807, 2.05) is 0 Å². The number of carbonyl (C=O) groups is 3. The molecule has 0 aromatic heterocycles. The van der Waals surface area contributed by atoms with Crippen molar-refractivity contribution in [2.24, 2.45) is 11.8 Å². The first-order valence-corrected chi connectivity index (χ1v) is 12.3. The zero-order chi connectivity index (χ0) is 25.0. The van der Waals surface area contributed by atoms with Crippen LogP contribution in [-0.2, 0) is 42.8 Å². The Bertz CT molecular complexity index is 904. The number of aliphatic carboxylic acids is 2. The van der Waals surface area contributed by atoms with Crippen molar-refractivity contribution in [3.8, 4) is 0 Å². The molecule has 0 aromatic carbocycles. The van der Waals surface area contributed by atoms with Gasteiger partial charge in [0, 0.05) is 18.4 Å². The molecular formula is C24H32O11. The number of esters is 1. The summed E-state index contributed by atoms with van der Waals surface area (Å²) in [4.78, 5) is 36.2. The summed E-state index contributed by atoms with van der Waals surface area (Å²) < 4.78 is 36.7. The fraction of sp³-hybridized carbons (Fsp3) is 0.792. The van der Waals surface area contributed by atoms with E-state index < -0.39 is 72.0 Å². The predicted octanol–water partition coefficient (Wildman–Crippen LogP) is 1.97. The van der Waals surface area contributed by atoms with Crippen molar-refractivity contribution in [2.75, 3.05) is 6.61 Å². The monoisotopic (exact) mass is 496 g/mol. The molecule has 0 aromatic rings. The van der Waals surface area contributed by atoms with Gasteiger partial charge < -0.3 is 38.6 Å². The van der Waals surface area contributed by atoms with E-state index >= 15 is 0 Å². The Morgan fingerprint density at radius 3 is 1.97 bits per heavy atom. The minimum atomic E-state index is -1.37. The molecule has 11 nitrogen and oxygen atoms in total. The summed E-state index contributed by atoms with van der Waals surface area (Å²) in [7, 11) is 0. The Labute approximate surface area is 202 Å². The van der Waals surface area contributed by atoms with Gasteiger partial charge in [0.1, 0.15) is 42.9 Å². The molecule has 0 radical (unpaired) electrons. The molecule has 4 unspecified atom stereocenters. The fourth-order valence-electron chi connectivity index (χ4n) is 6.15. The highest BCUT2D eigenvalue weighted by Gasteiger charge is 2.68. The number of ether oxygens (including phenoxy) is 6. The third-order valence-electron chi connectivity index (χ3n) is 7.83. The average Bonchev–Trinajstić information content (AvgIpc) is 3.36. The molecule has 3 aliphatic heterocycles. The fourth-order valence-corrected chi connectivity index (χ4v) is 6.15. The summed E-state index contributed by atoms with van der Waals surface area (Å²) >= 11 is 0. The Morgan fingerprint density at radius 1 is 0.857 bits per heavy atom. The van der Waals surface area contributed by atoms with Crippen LogP contribution in [0, 0.1) is 11.8 Å². The summed E-state index contributed by atoms with van der Waals surface area (Å²) in [6, 6.07) is 0. The van der Waals surface area contributed by atoms with Crippen molar-refractivity contribution in [3.63, 3.8) is 0 Å². The lowest BCUT2D eigenvalue weighted by Crippen LogP contribution is -2.56. The van der Waals surface area contributed by atoms with Crippen molar-refractivity contribution >= 4 is 17.9 Å². The van der Waals surface area contributed by atoms with Crippen LogP contribution in [0.25, 0.3) is 0 Å². The minimum Gasteiger partial charge on any atom is -0.481 e. The molecule has 2 saturated carbocycles. The molecule has 11 heteroatoms. The maximum Gasteiger partial charge on any atom is 0.333 e. The van der Waals surface area contributed by atoms with Crippen LogP contribution in [-0.4, -0.2) is 77.0 Å². The molecular weight excluding hydrogens is 464 g/mol. The zero-order valence-electron chi connectivity index (χ0n) is 19.7. The molecule has 5 rings (SSSR count). The SMILES string of the molecule is C=C(C)C(=O)OC[C@H]1O[C@@H]2OC3(CCCCC3C(=O)O)O[C@@H]2[C@H]2OC3(CCCCC3C(=O)O)O[C@H]21. The number of hydrogen-bond donors (Lipinski definition) is 2. The average molecular weight is 497 g/mol. The van der Waals surface area contributed by atoms with Gasteiger partial charge in [0.25, 0.3) is 0 Å². The van der Waals surface area contributed by atoms with E-state index in [2.05, 4.69) is 6.58 Å². The van der Waals surface area contributed by atoms with E-state index in [0.29, 0.717) is 25.7 Å². The van der Waals surface area contributed by atoms with Gasteiger partial charge in [-0.25, -0.2) is 4.79 Å². The molecule has 5 fully saturated rings. The standard InChI is InChI=1S/C24H32O11/c1-12(2)21(29)30-11-15-16-17(33-23(32-16)9-5-3-7-13(23)19(25)26)18-22(31-15)35-24(34-18)10-6-4-8-14(24)20(27)28/h13-18,22H,1,3-11H2,2H3,(H,25,26)(H,27,28)/t13?,14?,15-,16+,17+,18-,22-,23?,24?/m1/s1. The third-order valence-corrected chi connectivity index (χ3v) is 7.83. The van der Waals surface area contributed by atoms with Crippen molar-refractivity contribution in [1.29, 1.82) is 0 Å². The summed E-state index contributed by atoms with van der Waals surface area (Å²) in [6.07, 6.45) is 0.347. The molecule has 3 heterocycles. The van der Waals surface area contributed by atoms with Crippen molar-refractivity contribution in [1.82, 2.24) is 0 Å². The summed E-state index contributed by atoms with van der Waals surface area (Å²) in [5.74, 6) is -7.11. The lowest BCUT2D eigenvalue weighted by Gasteiger charge is -2.38. The van der Waals surface area contributed by atoms with Gasteiger partial charge in [-0.2, -0.15) is 0 Å². The van der Waals surface area contributed by atoms with Gasteiger partial charge in [-0.3, -0.25) is 9.59 Å². The van der Waals surface area contributed by atoms with E-state index in [1.54, 1.807) is 0 Å². The molecule has 0 bridgehead atoms. The lowest BCUT2D eigenvalue weighted by molar-refractivity contribution is -0.272. The Morgan fingerprint density at radius 2 is 1.40 bits per heavy atom. The quantitative estimate of drug-likeness (QED) is 0.425. The van der Waals surface area contributed by atoms with E-state index in [1.165, 1.54) is 6.92 Å². The topological polar surface area (TPSA) is 147 Å². The normalized spacial score (nSPS) is 44.5. The van der Waals surface area contributed by atoms with Crippen LogP contribution >= 0.6 is 0 Å². The molecule has 194 valence electrons. The number of rotatable bonds is 5. The highest BCUT2D eigenvalue weighted by molar-refractivity contribution is 5.86. The summed E-state index contributed by atoms with van der Waals surface area (Å²) in [5.41, 5.74) is 0.222. The number of carbonyl (C=O) groups excluding carboxylic acids is 1. The third kappa shape index (κ3) is 4.17. The van der Waals surface area contributed by atoms with Crippen molar-refractivity contribution in [2.45, 2.75) is 101 Å². The van der Waals surface area contributed by atoms with Crippen LogP contribution in [0.3, 0.4) is 0 Å². The zero-order valence-corrected chi connectivity index (χ0v) is 19.7. The molecule has 2 aliphatic carbocycles. The second-order valence-electron chi connectivity index (χ2n) is 10.2. The van der Waals surface area contributed by atoms with Crippen LogP contribution in [0.15, 0.2) is 12.2 Å². The summed E-state index contributed by atoms with van der Waals surface area (Å²) in [6.45, 7) is 4.92. The van der Waals surface area contributed by atoms with E-state index in [-0.39, 0.29) is 12.2 Å². The second-order valence-corrected chi connectivity index (χ2v) is 10.2. The van der Waals surface area contributed by atoms with Crippen molar-refractivity contribution in [3.05, 3.63) is 12.2 Å². The highest BCUT2D eigenvalue weighted by atomic mass is 16.9. The molecule has 35 heavy (non-hydrogen) atoms. The van der Waals surface area contributed by atoms with Gasteiger partial charge in [0.2, 0.25) is 0 Å². The maximum absolute atomic E-state index is 12.1. The first kappa shape index (κ1) is 24.6. The van der Waals surface area contributed by atoms with Gasteiger partial charge in [-0.1, -0.05) is 19.4 Å². The number of fused-ring (bicyclic) bond motifs is 3. The largest absolute Gasteiger partial charge is 0.481 e. The van der Waals surface area contributed by atoms with Gasteiger partial charge in [0.05, 0.1) is 0 Å². The van der Waals surface area contributed by atoms with Crippen LogP contribution in [0.2, 0.25) is 0 Å².